The SMILES string of the molecule is CN=C(NCCc1c[nH]c2cc(C)ccc12)N(C)CCOCC1CC1.I. The van der Waals surface area contributed by atoms with Crippen molar-refractivity contribution < 1.29 is 4.74 Å². The Bertz CT molecular complexity index is 724. The largest absolute Gasteiger partial charge is 0.379 e. The summed E-state index contributed by atoms with van der Waals surface area (Å²) in [6.45, 7) is 5.52. The first-order valence-corrected chi connectivity index (χ1v) is 9.23. The molecule has 0 saturated heterocycles. The fourth-order valence-electron chi connectivity index (χ4n) is 3.04. The van der Waals surface area contributed by atoms with Crippen LogP contribution in [0.15, 0.2) is 29.4 Å². The predicted octanol–water partition coefficient (Wildman–Crippen LogP) is 3.57. The van der Waals surface area contributed by atoms with Crippen LogP contribution in [0, 0.1) is 12.8 Å². The lowest BCUT2D eigenvalue weighted by atomic mass is 10.1. The predicted molar refractivity (Wildman–Crippen MR) is 120 cm³/mol. The van der Waals surface area contributed by atoms with E-state index < -0.39 is 0 Å². The molecule has 0 amide bonds. The zero-order chi connectivity index (χ0) is 17.6. The fraction of sp³-hybridized carbons (Fsp3) is 0.550. The van der Waals surface area contributed by atoms with E-state index in [9.17, 15) is 0 Å². The third-order valence-corrected chi connectivity index (χ3v) is 4.80. The van der Waals surface area contributed by atoms with Crippen molar-refractivity contribution in [2.45, 2.75) is 26.2 Å². The van der Waals surface area contributed by atoms with Crippen LogP contribution < -0.4 is 5.32 Å². The number of nitrogens with zero attached hydrogens (tertiary/aromatic N) is 2. The maximum Gasteiger partial charge on any atom is 0.193 e. The van der Waals surface area contributed by atoms with Gasteiger partial charge < -0.3 is 19.9 Å². The van der Waals surface area contributed by atoms with Gasteiger partial charge in [-0.25, -0.2) is 0 Å². The molecule has 0 aliphatic heterocycles. The zero-order valence-electron chi connectivity index (χ0n) is 16.0. The number of H-pyrrole nitrogens is 1. The summed E-state index contributed by atoms with van der Waals surface area (Å²) in [6, 6.07) is 6.57. The Hall–Kier alpha value is -1.28. The maximum atomic E-state index is 5.72. The third-order valence-electron chi connectivity index (χ3n) is 4.80. The molecule has 1 aliphatic rings. The first-order valence-electron chi connectivity index (χ1n) is 9.23. The molecule has 1 saturated carbocycles. The topological polar surface area (TPSA) is 52.7 Å². The second-order valence-electron chi connectivity index (χ2n) is 7.03. The number of rotatable bonds is 8. The number of fused-ring (bicyclic) bond motifs is 1. The molecule has 3 rings (SSSR count). The molecule has 26 heavy (non-hydrogen) atoms. The average Bonchev–Trinajstić information content (AvgIpc) is 3.35. The summed E-state index contributed by atoms with van der Waals surface area (Å²) in [4.78, 5) is 9.87. The second-order valence-corrected chi connectivity index (χ2v) is 7.03. The van der Waals surface area contributed by atoms with Gasteiger partial charge in [-0.2, -0.15) is 0 Å². The number of aliphatic imine (C=N–C) groups is 1. The first-order chi connectivity index (χ1) is 12.2. The maximum absolute atomic E-state index is 5.72. The minimum Gasteiger partial charge on any atom is -0.379 e. The van der Waals surface area contributed by atoms with Crippen LogP contribution in [-0.4, -0.2) is 56.2 Å². The summed E-state index contributed by atoms with van der Waals surface area (Å²) < 4.78 is 5.72. The van der Waals surface area contributed by atoms with Crippen molar-refractivity contribution in [3.05, 3.63) is 35.5 Å². The standard InChI is InChI=1S/C20H30N4O.HI/c1-15-4-7-18-17(13-23-19(18)12-15)8-9-22-20(21-2)24(3)10-11-25-14-16-5-6-16;/h4,7,12-13,16,23H,5-6,8-11,14H2,1-3H3,(H,21,22);1H. The lowest BCUT2D eigenvalue weighted by Gasteiger charge is -2.22. The van der Waals surface area contributed by atoms with Gasteiger partial charge in [-0.15, -0.1) is 24.0 Å². The first kappa shape index (κ1) is 21.0. The van der Waals surface area contributed by atoms with E-state index in [0.29, 0.717) is 0 Å². The summed E-state index contributed by atoms with van der Waals surface area (Å²) in [6.07, 6.45) is 5.76. The van der Waals surface area contributed by atoms with Gasteiger partial charge in [0.2, 0.25) is 0 Å². The molecular formula is C20H31IN4O. The van der Waals surface area contributed by atoms with Crippen molar-refractivity contribution in [2.75, 3.05) is 40.4 Å². The third kappa shape index (κ3) is 5.87. The number of aromatic amines is 1. The molecule has 2 N–H and O–H groups in total. The van der Waals surface area contributed by atoms with E-state index in [0.717, 1.165) is 44.6 Å². The van der Waals surface area contributed by atoms with Crippen molar-refractivity contribution >= 4 is 40.8 Å². The van der Waals surface area contributed by atoms with Crippen molar-refractivity contribution in [3.8, 4) is 0 Å². The van der Waals surface area contributed by atoms with Gasteiger partial charge in [-0.05, 0) is 49.3 Å². The summed E-state index contributed by atoms with van der Waals surface area (Å²) in [5.74, 6) is 1.74. The van der Waals surface area contributed by atoms with E-state index in [2.05, 4.69) is 58.6 Å². The molecule has 0 atom stereocenters. The van der Waals surface area contributed by atoms with Crippen molar-refractivity contribution in [1.29, 1.82) is 0 Å². The molecule has 5 nitrogen and oxygen atoms in total. The molecule has 0 spiro atoms. The van der Waals surface area contributed by atoms with Crippen molar-refractivity contribution in [3.63, 3.8) is 0 Å². The molecule has 0 radical (unpaired) electrons. The molecular weight excluding hydrogens is 439 g/mol. The van der Waals surface area contributed by atoms with E-state index in [4.69, 9.17) is 4.74 Å². The number of benzene rings is 1. The Morgan fingerprint density at radius 3 is 2.92 bits per heavy atom. The van der Waals surface area contributed by atoms with Gasteiger partial charge >= 0.3 is 0 Å². The number of likely N-dealkylation sites (N-methyl/N-ethyl adjacent to an activating group) is 1. The van der Waals surface area contributed by atoms with Crippen LogP contribution in [0.4, 0.5) is 0 Å². The van der Waals surface area contributed by atoms with Gasteiger partial charge in [0.15, 0.2) is 5.96 Å². The summed E-state index contributed by atoms with van der Waals surface area (Å²) in [5, 5.41) is 4.76. The van der Waals surface area contributed by atoms with Crippen molar-refractivity contribution in [2.24, 2.45) is 10.9 Å². The summed E-state index contributed by atoms with van der Waals surface area (Å²) in [5.41, 5.74) is 3.84. The van der Waals surface area contributed by atoms with Gasteiger partial charge in [0.25, 0.3) is 0 Å². The molecule has 1 heterocycles. The zero-order valence-corrected chi connectivity index (χ0v) is 18.4. The number of aromatic nitrogens is 1. The number of aryl methyl sites for hydroxylation is 1. The van der Waals surface area contributed by atoms with Gasteiger partial charge in [0, 0.05) is 50.9 Å². The van der Waals surface area contributed by atoms with Crippen LogP contribution in [0.2, 0.25) is 0 Å². The second kappa shape index (κ2) is 10.2. The number of nitrogens with one attached hydrogen (secondary N) is 2. The van der Waals surface area contributed by atoms with E-state index in [1.807, 2.05) is 7.05 Å². The molecule has 1 aromatic heterocycles. The summed E-state index contributed by atoms with van der Waals surface area (Å²) >= 11 is 0. The van der Waals surface area contributed by atoms with Crippen LogP contribution in [0.25, 0.3) is 10.9 Å². The van der Waals surface area contributed by atoms with E-state index in [-0.39, 0.29) is 24.0 Å². The van der Waals surface area contributed by atoms with Crippen LogP contribution in [-0.2, 0) is 11.2 Å². The van der Waals surface area contributed by atoms with E-state index in [1.165, 1.54) is 34.9 Å². The van der Waals surface area contributed by atoms with E-state index >= 15 is 0 Å². The molecule has 1 aliphatic carbocycles. The van der Waals surface area contributed by atoms with Gasteiger partial charge in [0.05, 0.1) is 6.61 Å². The minimum absolute atomic E-state index is 0. The Morgan fingerprint density at radius 1 is 1.38 bits per heavy atom. The molecule has 0 bridgehead atoms. The van der Waals surface area contributed by atoms with Crippen LogP contribution in [0.1, 0.15) is 24.0 Å². The Labute approximate surface area is 173 Å². The average molecular weight is 470 g/mol. The van der Waals surface area contributed by atoms with Gasteiger partial charge in [0.1, 0.15) is 0 Å². The van der Waals surface area contributed by atoms with Crippen LogP contribution >= 0.6 is 24.0 Å². The molecule has 144 valence electrons. The Morgan fingerprint density at radius 2 is 2.19 bits per heavy atom. The summed E-state index contributed by atoms with van der Waals surface area (Å²) in [7, 11) is 3.89. The highest BCUT2D eigenvalue weighted by molar-refractivity contribution is 14.0. The molecule has 1 aromatic carbocycles. The highest BCUT2D eigenvalue weighted by atomic mass is 127. The van der Waals surface area contributed by atoms with Crippen molar-refractivity contribution in [1.82, 2.24) is 15.2 Å². The normalized spacial score (nSPS) is 14.3. The van der Waals surface area contributed by atoms with E-state index in [1.54, 1.807) is 0 Å². The lowest BCUT2D eigenvalue weighted by Crippen LogP contribution is -2.41. The van der Waals surface area contributed by atoms with Crippen LogP contribution in [0.3, 0.4) is 0 Å². The van der Waals surface area contributed by atoms with Gasteiger partial charge in [-0.1, -0.05) is 12.1 Å². The Balaban J connectivity index is 0.00000243. The number of halogens is 1. The molecule has 2 aromatic rings. The lowest BCUT2D eigenvalue weighted by molar-refractivity contribution is 0.115. The smallest absolute Gasteiger partial charge is 0.193 e. The molecule has 6 heteroatoms. The van der Waals surface area contributed by atoms with Gasteiger partial charge in [-0.3, -0.25) is 4.99 Å². The fourth-order valence-corrected chi connectivity index (χ4v) is 3.04. The number of hydrogen-bond donors (Lipinski definition) is 2. The monoisotopic (exact) mass is 470 g/mol. The molecule has 0 unspecified atom stereocenters. The quantitative estimate of drug-likeness (QED) is 0.269. The minimum atomic E-state index is 0. The number of hydrogen-bond acceptors (Lipinski definition) is 2. The number of guanidine groups is 1. The highest BCUT2D eigenvalue weighted by Gasteiger charge is 2.21. The van der Waals surface area contributed by atoms with Crippen LogP contribution in [0.5, 0.6) is 0 Å². The Kier molecular flexibility index (Phi) is 8.21. The highest BCUT2D eigenvalue weighted by Crippen LogP contribution is 2.28. The molecule has 1 fully saturated rings. The number of ether oxygens (including phenoxy) is 1.